The van der Waals surface area contributed by atoms with Crippen molar-refractivity contribution in [2.45, 2.75) is 6.42 Å². The lowest BCUT2D eigenvalue weighted by Gasteiger charge is -2.23. The topological polar surface area (TPSA) is 39.7 Å². The molecule has 3 heterocycles. The van der Waals surface area contributed by atoms with E-state index in [1.807, 2.05) is 0 Å². The number of hydrogen-bond acceptors (Lipinski definition) is 4. The minimum atomic E-state index is 0.927. The molecule has 14 heavy (non-hydrogen) atoms. The number of aliphatic imine (C=N–C) groups is 1. The summed E-state index contributed by atoms with van der Waals surface area (Å²) < 4.78 is 0. The number of nitrogens with zero attached hydrogens (tertiary/aromatic N) is 2. The van der Waals surface area contributed by atoms with E-state index in [1.54, 1.807) is 0 Å². The third-order valence-electron chi connectivity index (χ3n) is 2.78. The molecule has 0 aliphatic carbocycles. The molecule has 0 unspecified atom stereocenters. The molecule has 0 saturated carbocycles. The van der Waals surface area contributed by atoms with Gasteiger partial charge in [0.15, 0.2) is 0 Å². The molecule has 0 aromatic carbocycles. The van der Waals surface area contributed by atoms with Gasteiger partial charge in [0, 0.05) is 31.4 Å². The Bertz CT molecular complexity index is 332. The Hall–Kier alpha value is -1.45. The van der Waals surface area contributed by atoms with E-state index in [2.05, 4.69) is 32.8 Å². The van der Waals surface area contributed by atoms with Crippen LogP contribution in [0.4, 0.5) is 0 Å². The van der Waals surface area contributed by atoms with E-state index in [0.717, 1.165) is 38.4 Å². The molecule has 0 aromatic heterocycles. The van der Waals surface area contributed by atoms with Gasteiger partial charge in [0.25, 0.3) is 0 Å². The van der Waals surface area contributed by atoms with Crippen molar-refractivity contribution in [3.8, 4) is 0 Å². The number of hydrogen-bond donors (Lipinski definition) is 2. The van der Waals surface area contributed by atoms with Crippen molar-refractivity contribution in [2.75, 3.05) is 26.2 Å². The molecular formula is C10H14N4. The number of nitrogens with one attached hydrogen (secondary N) is 2. The molecule has 4 nitrogen and oxygen atoms in total. The highest BCUT2D eigenvalue weighted by Crippen LogP contribution is 2.21. The monoisotopic (exact) mass is 190 g/mol. The Kier molecular flexibility index (Phi) is 1.72. The number of rotatable bonds is 0. The Morgan fingerprint density at radius 1 is 1.29 bits per heavy atom. The van der Waals surface area contributed by atoms with E-state index in [4.69, 9.17) is 0 Å². The minimum Gasteiger partial charge on any atom is -0.370 e. The molecule has 1 saturated heterocycles. The van der Waals surface area contributed by atoms with E-state index in [1.165, 1.54) is 11.4 Å². The highest BCUT2D eigenvalue weighted by Gasteiger charge is 2.25. The maximum Gasteiger partial charge on any atom is 0.134 e. The van der Waals surface area contributed by atoms with Gasteiger partial charge >= 0.3 is 0 Å². The molecule has 3 aliphatic heterocycles. The smallest absolute Gasteiger partial charge is 0.134 e. The molecule has 0 spiro atoms. The lowest BCUT2D eigenvalue weighted by molar-refractivity contribution is 0.598. The third kappa shape index (κ3) is 1.10. The Labute approximate surface area is 83.4 Å². The average molecular weight is 190 g/mol. The minimum absolute atomic E-state index is 0.927. The lowest BCUT2D eigenvalue weighted by atomic mass is 10.1. The predicted octanol–water partition coefficient (Wildman–Crippen LogP) is 0.0223. The highest BCUT2D eigenvalue weighted by atomic mass is 15.2. The first-order valence-corrected chi connectivity index (χ1v) is 5.14. The van der Waals surface area contributed by atoms with Gasteiger partial charge in [0.1, 0.15) is 11.7 Å². The summed E-state index contributed by atoms with van der Waals surface area (Å²) in [5.41, 5.74) is 1.32. The fraction of sp³-hybridized carbons (Fsp3) is 0.500. The first kappa shape index (κ1) is 7.91. The van der Waals surface area contributed by atoms with Gasteiger partial charge in [-0.05, 0) is 6.42 Å². The molecule has 0 aromatic rings. The van der Waals surface area contributed by atoms with Gasteiger partial charge in [-0.15, -0.1) is 0 Å². The van der Waals surface area contributed by atoms with Crippen LogP contribution >= 0.6 is 0 Å². The summed E-state index contributed by atoms with van der Waals surface area (Å²) in [5.74, 6) is 2.34. The van der Waals surface area contributed by atoms with E-state index < -0.39 is 0 Å². The van der Waals surface area contributed by atoms with Crippen LogP contribution in [0.5, 0.6) is 0 Å². The number of fused-ring (bicyclic) bond motifs is 1. The second-order valence-corrected chi connectivity index (χ2v) is 3.69. The van der Waals surface area contributed by atoms with Crippen molar-refractivity contribution in [3.05, 3.63) is 23.7 Å². The van der Waals surface area contributed by atoms with Crippen molar-refractivity contribution in [3.63, 3.8) is 0 Å². The van der Waals surface area contributed by atoms with Crippen LogP contribution in [0.2, 0.25) is 0 Å². The Morgan fingerprint density at radius 3 is 3.00 bits per heavy atom. The van der Waals surface area contributed by atoms with E-state index in [9.17, 15) is 0 Å². The first-order valence-electron chi connectivity index (χ1n) is 5.14. The number of amidine groups is 1. The molecule has 1 fully saturated rings. The molecule has 74 valence electrons. The molecule has 3 aliphatic rings. The quantitative estimate of drug-likeness (QED) is 0.566. The molecule has 2 N–H and O–H groups in total. The van der Waals surface area contributed by atoms with Crippen LogP contribution in [-0.2, 0) is 0 Å². The van der Waals surface area contributed by atoms with Gasteiger partial charge in [-0.25, -0.2) is 0 Å². The summed E-state index contributed by atoms with van der Waals surface area (Å²) in [7, 11) is 0. The molecule has 4 heteroatoms. The van der Waals surface area contributed by atoms with Crippen LogP contribution in [0.3, 0.4) is 0 Å². The van der Waals surface area contributed by atoms with Crippen molar-refractivity contribution in [1.29, 1.82) is 0 Å². The van der Waals surface area contributed by atoms with Gasteiger partial charge in [0.2, 0.25) is 0 Å². The van der Waals surface area contributed by atoms with Crippen LogP contribution in [0.15, 0.2) is 28.7 Å². The van der Waals surface area contributed by atoms with Crippen LogP contribution in [0.25, 0.3) is 0 Å². The largest absolute Gasteiger partial charge is 0.370 e. The Balaban J connectivity index is 1.99. The van der Waals surface area contributed by atoms with Gasteiger partial charge in [-0.1, -0.05) is 6.08 Å². The fourth-order valence-electron chi connectivity index (χ4n) is 2.13. The second kappa shape index (κ2) is 3.04. The molecule has 0 amide bonds. The number of allylic oxidation sites excluding steroid dienone is 1. The van der Waals surface area contributed by atoms with E-state index >= 15 is 0 Å². The Morgan fingerprint density at radius 2 is 2.14 bits per heavy atom. The molecule has 0 radical (unpaired) electrons. The van der Waals surface area contributed by atoms with Gasteiger partial charge in [0.05, 0.1) is 6.54 Å². The summed E-state index contributed by atoms with van der Waals surface area (Å²) in [6.07, 6.45) is 5.34. The summed E-state index contributed by atoms with van der Waals surface area (Å²) in [6.45, 7) is 4.00. The molecule has 0 bridgehead atoms. The van der Waals surface area contributed by atoms with Crippen molar-refractivity contribution < 1.29 is 0 Å². The average Bonchev–Trinajstić information content (AvgIpc) is 2.88. The van der Waals surface area contributed by atoms with Gasteiger partial charge < -0.3 is 15.5 Å². The van der Waals surface area contributed by atoms with Crippen molar-refractivity contribution in [1.82, 2.24) is 15.5 Å². The molecule has 3 rings (SSSR count). The fourth-order valence-corrected chi connectivity index (χ4v) is 2.13. The SMILES string of the molecule is C1=CN2CCN=C2C(=C2NCCN2)C1. The molecule has 0 atom stereocenters. The third-order valence-corrected chi connectivity index (χ3v) is 2.78. The van der Waals surface area contributed by atoms with Crippen LogP contribution in [-0.4, -0.2) is 36.9 Å². The first-order chi connectivity index (χ1) is 6.95. The predicted molar refractivity (Wildman–Crippen MR) is 55.8 cm³/mol. The lowest BCUT2D eigenvalue weighted by Crippen LogP contribution is -2.29. The van der Waals surface area contributed by atoms with E-state index in [-0.39, 0.29) is 0 Å². The van der Waals surface area contributed by atoms with Crippen molar-refractivity contribution in [2.24, 2.45) is 4.99 Å². The standard InChI is InChI=1S/C10H14N4/c1-2-8(9-11-3-4-12-9)10-13-5-7-14(10)6-1/h1,6,11-12H,2-5,7H2. The van der Waals surface area contributed by atoms with Gasteiger partial charge in [-0.3, -0.25) is 4.99 Å². The molecular weight excluding hydrogens is 176 g/mol. The van der Waals surface area contributed by atoms with Crippen molar-refractivity contribution >= 4 is 5.84 Å². The van der Waals surface area contributed by atoms with Gasteiger partial charge in [-0.2, -0.15) is 0 Å². The maximum atomic E-state index is 4.54. The highest BCUT2D eigenvalue weighted by molar-refractivity contribution is 6.01. The second-order valence-electron chi connectivity index (χ2n) is 3.69. The zero-order valence-electron chi connectivity index (χ0n) is 8.08. The summed E-state index contributed by atoms with van der Waals surface area (Å²) in [6, 6.07) is 0. The van der Waals surface area contributed by atoms with Crippen LogP contribution in [0.1, 0.15) is 6.42 Å². The summed E-state index contributed by atoms with van der Waals surface area (Å²) in [4.78, 5) is 6.77. The normalized spacial score (nSPS) is 24.6. The van der Waals surface area contributed by atoms with E-state index in [0.29, 0.717) is 0 Å². The van der Waals surface area contributed by atoms with Crippen LogP contribution in [0, 0.1) is 0 Å². The maximum absolute atomic E-state index is 4.54. The zero-order chi connectivity index (χ0) is 9.38. The van der Waals surface area contributed by atoms with Crippen LogP contribution < -0.4 is 10.6 Å². The zero-order valence-corrected chi connectivity index (χ0v) is 8.08. The summed E-state index contributed by atoms with van der Waals surface area (Å²) >= 11 is 0. The summed E-state index contributed by atoms with van der Waals surface area (Å²) in [5, 5.41) is 6.73.